The summed E-state index contributed by atoms with van der Waals surface area (Å²) in [5, 5.41) is 6.60. The van der Waals surface area contributed by atoms with E-state index in [0.29, 0.717) is 31.1 Å². The van der Waals surface area contributed by atoms with Gasteiger partial charge in [-0.15, -0.1) is 0 Å². The lowest BCUT2D eigenvalue weighted by Gasteiger charge is -2.19. The summed E-state index contributed by atoms with van der Waals surface area (Å²) in [4.78, 5) is 11.8. The molecule has 1 amide bonds. The molecule has 0 fully saturated rings. The Bertz CT molecular complexity index is 637. The number of carbonyl (C=O) groups excluding carboxylic acids is 1. The van der Waals surface area contributed by atoms with Crippen molar-refractivity contribution in [3.05, 3.63) is 34.9 Å². The molecule has 0 unspecified atom stereocenters. The molecule has 0 saturated heterocycles. The van der Waals surface area contributed by atoms with Crippen LogP contribution in [-0.2, 0) is 21.1 Å². The van der Waals surface area contributed by atoms with Crippen LogP contribution in [0.5, 0.6) is 0 Å². The van der Waals surface area contributed by atoms with Gasteiger partial charge in [0.05, 0.1) is 12.4 Å². The summed E-state index contributed by atoms with van der Waals surface area (Å²) in [6.07, 6.45) is 2.73. The van der Waals surface area contributed by atoms with Gasteiger partial charge in [0.25, 0.3) is 0 Å². The van der Waals surface area contributed by atoms with Gasteiger partial charge >= 0.3 is 6.09 Å². The highest BCUT2D eigenvalue weighted by molar-refractivity contribution is 7.90. The maximum Gasteiger partial charge on any atom is 0.407 e. The number of ether oxygens (including phenoxy) is 1. The molecule has 0 aromatic heterocycles. The van der Waals surface area contributed by atoms with Crippen molar-refractivity contribution in [3.8, 4) is 0 Å². The largest absolute Gasteiger partial charge is 0.450 e. The van der Waals surface area contributed by atoms with E-state index in [-0.39, 0.29) is 11.8 Å². The van der Waals surface area contributed by atoms with E-state index in [1.807, 2.05) is 25.1 Å². The maximum absolute atomic E-state index is 11.8. The van der Waals surface area contributed by atoms with Crippen molar-refractivity contribution in [3.63, 3.8) is 0 Å². The van der Waals surface area contributed by atoms with Crippen LogP contribution in [0.2, 0.25) is 5.02 Å². The van der Waals surface area contributed by atoms with Crippen LogP contribution in [0.3, 0.4) is 0 Å². The molecule has 2 N–H and O–H groups in total. The number of benzene rings is 1. The van der Waals surface area contributed by atoms with Crippen molar-refractivity contribution in [2.45, 2.75) is 38.8 Å². The Hall–Kier alpha value is -1.31. The fourth-order valence-electron chi connectivity index (χ4n) is 2.14. The summed E-state index contributed by atoms with van der Waals surface area (Å²) in [6, 6.07) is 7.13. The van der Waals surface area contributed by atoms with E-state index in [1.165, 1.54) is 6.26 Å². The van der Waals surface area contributed by atoms with Gasteiger partial charge in [-0.2, -0.15) is 0 Å². The fraction of sp³-hybridized carbons (Fsp3) is 0.588. The molecule has 25 heavy (non-hydrogen) atoms. The number of alkyl carbamates (subject to hydrolysis) is 1. The number of nitrogens with one attached hydrogen (secondary N) is 2. The van der Waals surface area contributed by atoms with Gasteiger partial charge in [0.15, 0.2) is 0 Å². The number of amides is 1. The molecule has 0 aliphatic carbocycles. The normalized spacial score (nSPS) is 12.6. The molecule has 8 heteroatoms. The van der Waals surface area contributed by atoms with Crippen molar-refractivity contribution >= 4 is 27.5 Å². The molecule has 0 heterocycles. The summed E-state index contributed by atoms with van der Waals surface area (Å²) >= 11 is 5.95. The van der Waals surface area contributed by atoms with Gasteiger partial charge < -0.3 is 15.4 Å². The Morgan fingerprint density at radius 3 is 2.76 bits per heavy atom. The Morgan fingerprint density at radius 2 is 2.12 bits per heavy atom. The molecule has 0 spiro atoms. The number of hydrogen-bond donors (Lipinski definition) is 2. The zero-order valence-electron chi connectivity index (χ0n) is 14.8. The Labute approximate surface area is 155 Å². The van der Waals surface area contributed by atoms with Crippen molar-refractivity contribution < 1.29 is 17.9 Å². The van der Waals surface area contributed by atoms with Crippen LogP contribution in [-0.4, -0.2) is 45.7 Å². The van der Waals surface area contributed by atoms with Crippen molar-refractivity contribution in [2.75, 3.05) is 25.2 Å². The van der Waals surface area contributed by atoms with E-state index in [2.05, 4.69) is 10.6 Å². The van der Waals surface area contributed by atoms with E-state index in [4.69, 9.17) is 16.3 Å². The van der Waals surface area contributed by atoms with Gasteiger partial charge in [-0.05, 0) is 30.5 Å². The molecule has 1 aromatic rings. The van der Waals surface area contributed by atoms with Gasteiger partial charge in [-0.3, -0.25) is 0 Å². The molecule has 0 aliphatic heterocycles. The monoisotopic (exact) mass is 390 g/mol. The highest BCUT2D eigenvalue weighted by Crippen LogP contribution is 2.10. The lowest BCUT2D eigenvalue weighted by Crippen LogP contribution is -2.43. The Balaban J connectivity index is 2.50. The third-order valence-corrected chi connectivity index (χ3v) is 4.71. The quantitative estimate of drug-likeness (QED) is 0.567. The first kappa shape index (κ1) is 21.7. The average Bonchev–Trinajstić information content (AvgIpc) is 2.52. The molecular formula is C17H27ClN2O4S. The smallest absolute Gasteiger partial charge is 0.407 e. The SMILES string of the molecule is CCCCOC(=O)N[C@@H](CCS(C)(=O)=O)CNCc1cccc(Cl)c1. The summed E-state index contributed by atoms with van der Waals surface area (Å²) in [5.74, 6) is 0.00571. The number of halogens is 1. The second-order valence-corrected chi connectivity index (χ2v) is 8.71. The molecule has 1 rings (SSSR count). The first-order valence-corrected chi connectivity index (χ1v) is 10.8. The molecular weight excluding hydrogens is 364 g/mol. The molecule has 6 nitrogen and oxygen atoms in total. The van der Waals surface area contributed by atoms with E-state index in [0.717, 1.165) is 18.4 Å². The lowest BCUT2D eigenvalue weighted by molar-refractivity contribution is 0.140. The third kappa shape index (κ3) is 11.0. The van der Waals surface area contributed by atoms with Gasteiger partial charge in [0, 0.05) is 30.4 Å². The topological polar surface area (TPSA) is 84.5 Å². The predicted octanol–water partition coefficient (Wildman–Crippen LogP) is 2.76. The molecule has 0 saturated carbocycles. The van der Waals surface area contributed by atoms with E-state index in [1.54, 1.807) is 6.07 Å². The van der Waals surface area contributed by atoms with Gasteiger partial charge in [-0.1, -0.05) is 37.1 Å². The number of carbonyl (C=O) groups is 1. The van der Waals surface area contributed by atoms with Crippen LogP contribution in [0.4, 0.5) is 4.79 Å². The van der Waals surface area contributed by atoms with Crippen LogP contribution in [0.1, 0.15) is 31.7 Å². The minimum atomic E-state index is -3.10. The average molecular weight is 391 g/mol. The first-order chi connectivity index (χ1) is 11.8. The molecule has 0 radical (unpaired) electrons. The Kier molecular flexibility index (Phi) is 9.85. The van der Waals surface area contributed by atoms with Crippen LogP contribution in [0.25, 0.3) is 0 Å². The van der Waals surface area contributed by atoms with Gasteiger partial charge in [0.2, 0.25) is 0 Å². The van der Waals surface area contributed by atoms with E-state index >= 15 is 0 Å². The van der Waals surface area contributed by atoms with Gasteiger partial charge in [-0.25, -0.2) is 13.2 Å². The van der Waals surface area contributed by atoms with Crippen molar-refractivity contribution in [1.29, 1.82) is 0 Å². The van der Waals surface area contributed by atoms with Crippen LogP contribution in [0, 0.1) is 0 Å². The summed E-state index contributed by atoms with van der Waals surface area (Å²) < 4.78 is 27.9. The third-order valence-electron chi connectivity index (χ3n) is 3.50. The van der Waals surface area contributed by atoms with Gasteiger partial charge in [0.1, 0.15) is 9.84 Å². The minimum absolute atomic E-state index is 0.00571. The highest BCUT2D eigenvalue weighted by Gasteiger charge is 2.15. The second-order valence-electron chi connectivity index (χ2n) is 6.01. The predicted molar refractivity (Wildman–Crippen MR) is 101 cm³/mol. The maximum atomic E-state index is 11.8. The van der Waals surface area contributed by atoms with Crippen LogP contribution >= 0.6 is 11.6 Å². The molecule has 1 aromatic carbocycles. The van der Waals surface area contributed by atoms with Crippen molar-refractivity contribution in [2.24, 2.45) is 0 Å². The van der Waals surface area contributed by atoms with Crippen LogP contribution in [0.15, 0.2) is 24.3 Å². The second kappa shape index (κ2) is 11.3. The lowest BCUT2D eigenvalue weighted by atomic mass is 10.2. The fourth-order valence-corrected chi connectivity index (χ4v) is 3.06. The molecule has 142 valence electrons. The zero-order chi connectivity index (χ0) is 18.7. The number of rotatable bonds is 11. The summed E-state index contributed by atoms with van der Waals surface area (Å²) in [7, 11) is -3.10. The first-order valence-electron chi connectivity index (χ1n) is 8.36. The molecule has 0 bridgehead atoms. The standard InChI is InChI=1S/C17H27ClN2O4S/c1-3-4-9-24-17(21)20-16(8-10-25(2,22)23)13-19-12-14-6-5-7-15(18)11-14/h5-7,11,16,19H,3-4,8-10,12-13H2,1-2H3,(H,20,21)/t16-/m0/s1. The number of unbranched alkanes of at least 4 members (excludes halogenated alkanes) is 1. The Morgan fingerprint density at radius 1 is 1.36 bits per heavy atom. The summed E-state index contributed by atoms with van der Waals surface area (Å²) in [6.45, 7) is 3.38. The molecule has 0 aliphatic rings. The summed E-state index contributed by atoms with van der Waals surface area (Å²) in [5.41, 5.74) is 1.01. The van der Waals surface area contributed by atoms with E-state index < -0.39 is 15.9 Å². The molecule has 1 atom stereocenters. The number of sulfone groups is 1. The number of hydrogen-bond acceptors (Lipinski definition) is 5. The zero-order valence-corrected chi connectivity index (χ0v) is 16.3. The van der Waals surface area contributed by atoms with E-state index in [9.17, 15) is 13.2 Å². The van der Waals surface area contributed by atoms with Crippen LogP contribution < -0.4 is 10.6 Å². The minimum Gasteiger partial charge on any atom is -0.450 e. The highest BCUT2D eigenvalue weighted by atomic mass is 35.5. The van der Waals surface area contributed by atoms with Crippen molar-refractivity contribution in [1.82, 2.24) is 10.6 Å².